The molecular formula is C43H27N3O. The van der Waals surface area contributed by atoms with E-state index in [0.717, 1.165) is 73.9 Å². The minimum atomic E-state index is 0.629. The van der Waals surface area contributed by atoms with Gasteiger partial charge in [0.2, 0.25) is 0 Å². The first kappa shape index (κ1) is 26.0. The second-order valence-electron chi connectivity index (χ2n) is 12.4. The maximum atomic E-state index is 10.2. The molecule has 0 amide bonds. The van der Waals surface area contributed by atoms with Crippen molar-refractivity contribution in [2.24, 2.45) is 0 Å². The molecule has 3 heterocycles. The predicted octanol–water partition coefficient (Wildman–Crippen LogP) is 11.1. The zero-order chi connectivity index (χ0) is 31.1. The van der Waals surface area contributed by atoms with Crippen LogP contribution in [0.15, 0.2) is 138 Å². The van der Waals surface area contributed by atoms with Crippen molar-refractivity contribution in [3.63, 3.8) is 0 Å². The van der Waals surface area contributed by atoms with Crippen LogP contribution in [-0.4, -0.2) is 9.13 Å². The first-order valence-corrected chi connectivity index (χ1v) is 16.1. The third kappa shape index (κ3) is 3.75. The van der Waals surface area contributed by atoms with E-state index in [9.17, 15) is 5.26 Å². The summed E-state index contributed by atoms with van der Waals surface area (Å²) in [6.45, 7) is 0. The van der Waals surface area contributed by atoms with Gasteiger partial charge in [0.1, 0.15) is 11.2 Å². The lowest BCUT2D eigenvalue weighted by atomic mass is 9.99. The molecule has 0 unspecified atom stereocenters. The molecule has 1 aliphatic carbocycles. The summed E-state index contributed by atoms with van der Waals surface area (Å²) in [5, 5.41) is 16.1. The topological polar surface area (TPSA) is 46.8 Å². The molecule has 0 atom stereocenters. The van der Waals surface area contributed by atoms with Crippen molar-refractivity contribution in [2.75, 3.05) is 0 Å². The Labute approximate surface area is 270 Å². The first-order valence-electron chi connectivity index (χ1n) is 16.1. The number of aromatic nitrogens is 2. The van der Waals surface area contributed by atoms with Gasteiger partial charge < -0.3 is 13.6 Å². The predicted molar refractivity (Wildman–Crippen MR) is 192 cm³/mol. The third-order valence-corrected chi connectivity index (χ3v) is 9.80. The van der Waals surface area contributed by atoms with Crippen LogP contribution in [-0.2, 0) is 6.42 Å². The van der Waals surface area contributed by atoms with Gasteiger partial charge >= 0.3 is 0 Å². The highest BCUT2D eigenvalue weighted by Gasteiger charge is 2.23. The smallest absolute Gasteiger partial charge is 0.145 e. The molecule has 0 fully saturated rings. The van der Waals surface area contributed by atoms with E-state index in [1.54, 1.807) is 0 Å². The summed E-state index contributed by atoms with van der Waals surface area (Å²) >= 11 is 0. The van der Waals surface area contributed by atoms with Crippen LogP contribution in [0.2, 0.25) is 0 Å². The van der Waals surface area contributed by atoms with Crippen molar-refractivity contribution in [1.29, 1.82) is 5.26 Å². The van der Waals surface area contributed by atoms with Gasteiger partial charge in [-0.15, -0.1) is 0 Å². The molecule has 6 aromatic carbocycles. The number of furan rings is 1. The molecule has 0 spiro atoms. The molecule has 0 N–H and O–H groups in total. The summed E-state index contributed by atoms with van der Waals surface area (Å²) in [7, 11) is 0. The van der Waals surface area contributed by atoms with Crippen molar-refractivity contribution in [3.05, 3.63) is 150 Å². The third-order valence-electron chi connectivity index (χ3n) is 9.80. The number of rotatable bonds is 3. The summed E-state index contributed by atoms with van der Waals surface area (Å²) in [6, 6.07) is 47.1. The van der Waals surface area contributed by atoms with Crippen LogP contribution in [0.5, 0.6) is 0 Å². The van der Waals surface area contributed by atoms with Gasteiger partial charge in [-0.25, -0.2) is 0 Å². The number of nitriles is 1. The van der Waals surface area contributed by atoms with Crippen molar-refractivity contribution in [2.45, 2.75) is 12.8 Å². The van der Waals surface area contributed by atoms with E-state index < -0.39 is 0 Å². The quantitative estimate of drug-likeness (QED) is 0.202. The largest absolute Gasteiger partial charge is 0.455 e. The van der Waals surface area contributed by atoms with Crippen LogP contribution < -0.4 is 0 Å². The van der Waals surface area contributed by atoms with Gasteiger partial charge in [-0.2, -0.15) is 5.26 Å². The van der Waals surface area contributed by atoms with Crippen LogP contribution in [0.25, 0.3) is 83.2 Å². The number of benzene rings is 6. The maximum Gasteiger partial charge on any atom is 0.145 e. The van der Waals surface area contributed by atoms with E-state index in [0.29, 0.717) is 5.56 Å². The average molecular weight is 602 g/mol. The normalized spacial score (nSPS) is 12.8. The molecule has 0 bridgehead atoms. The van der Waals surface area contributed by atoms with E-state index in [2.05, 4.69) is 130 Å². The summed E-state index contributed by atoms with van der Waals surface area (Å²) < 4.78 is 11.2. The molecule has 9 aromatic rings. The average Bonchev–Trinajstić information content (AvgIpc) is 3.79. The summed E-state index contributed by atoms with van der Waals surface area (Å²) in [5.74, 6) is 0. The van der Waals surface area contributed by atoms with Crippen molar-refractivity contribution in [3.8, 4) is 28.6 Å². The molecule has 10 rings (SSSR count). The van der Waals surface area contributed by atoms with E-state index in [1.165, 1.54) is 27.4 Å². The van der Waals surface area contributed by atoms with Crippen LogP contribution in [0.4, 0.5) is 0 Å². The number of hydrogen-bond donors (Lipinski definition) is 0. The second-order valence-corrected chi connectivity index (χ2v) is 12.4. The Hall–Kier alpha value is -6.31. The lowest BCUT2D eigenvalue weighted by molar-refractivity contribution is 0.672. The highest BCUT2D eigenvalue weighted by Crippen LogP contribution is 2.42. The number of hydrogen-bond acceptors (Lipinski definition) is 2. The summed E-state index contributed by atoms with van der Waals surface area (Å²) in [4.78, 5) is 0. The van der Waals surface area contributed by atoms with Crippen molar-refractivity contribution < 1.29 is 4.42 Å². The number of nitrogens with zero attached hydrogens (tertiary/aromatic N) is 3. The lowest BCUT2D eigenvalue weighted by Gasteiger charge is -2.14. The number of aryl methyl sites for hydroxylation is 1. The molecule has 4 heteroatoms. The summed E-state index contributed by atoms with van der Waals surface area (Å²) in [6.07, 6.45) is 6.41. The van der Waals surface area contributed by atoms with Gasteiger partial charge in [0, 0.05) is 44.0 Å². The Morgan fingerprint density at radius 1 is 0.596 bits per heavy atom. The fourth-order valence-corrected chi connectivity index (χ4v) is 7.75. The molecule has 0 radical (unpaired) electrons. The molecule has 0 saturated carbocycles. The lowest BCUT2D eigenvalue weighted by Crippen LogP contribution is -2.01. The van der Waals surface area contributed by atoms with Gasteiger partial charge in [-0.3, -0.25) is 0 Å². The number of para-hydroxylation sites is 3. The molecule has 0 saturated heterocycles. The van der Waals surface area contributed by atoms with E-state index in [1.807, 2.05) is 24.3 Å². The fourth-order valence-electron chi connectivity index (χ4n) is 7.75. The van der Waals surface area contributed by atoms with Crippen LogP contribution >= 0.6 is 0 Å². The minimum absolute atomic E-state index is 0.629. The molecule has 47 heavy (non-hydrogen) atoms. The molecule has 0 aliphatic heterocycles. The van der Waals surface area contributed by atoms with Gasteiger partial charge in [0.25, 0.3) is 0 Å². The summed E-state index contributed by atoms with van der Waals surface area (Å²) in [5.41, 5.74) is 12.5. The zero-order valence-electron chi connectivity index (χ0n) is 25.4. The highest BCUT2D eigenvalue weighted by molar-refractivity contribution is 6.16. The number of fused-ring (bicyclic) bond motifs is 10. The second kappa shape index (κ2) is 9.84. The number of allylic oxidation sites excluding steroid dienone is 1. The maximum absolute atomic E-state index is 10.2. The standard InChI is InChI=1S/C43H27N3O/c44-26-27-23-29(28-17-19-30(20-18-28)45-37-13-5-1-9-32(37)33-10-2-6-14-38(33)45)25-31(24-27)46-39-15-7-3-12-36(39)42-40(46)22-21-35-34-11-4-8-16-41(34)47-43(35)42/h1-2,4-11,13-25H,3,12H2. The monoisotopic (exact) mass is 601 g/mol. The Bertz CT molecular complexity index is 2740. The van der Waals surface area contributed by atoms with Gasteiger partial charge in [0.05, 0.1) is 28.2 Å². The van der Waals surface area contributed by atoms with Crippen molar-refractivity contribution >= 4 is 60.7 Å². The van der Waals surface area contributed by atoms with Crippen molar-refractivity contribution in [1.82, 2.24) is 9.13 Å². The Balaban J connectivity index is 1.15. The van der Waals surface area contributed by atoms with Crippen LogP contribution in [0.3, 0.4) is 0 Å². The van der Waals surface area contributed by atoms with Gasteiger partial charge in [0.15, 0.2) is 0 Å². The zero-order valence-corrected chi connectivity index (χ0v) is 25.4. The molecule has 3 aromatic heterocycles. The van der Waals surface area contributed by atoms with Gasteiger partial charge in [-0.1, -0.05) is 72.8 Å². The highest BCUT2D eigenvalue weighted by atomic mass is 16.3. The molecule has 4 nitrogen and oxygen atoms in total. The van der Waals surface area contributed by atoms with Crippen LogP contribution in [0.1, 0.15) is 23.2 Å². The minimum Gasteiger partial charge on any atom is -0.455 e. The Morgan fingerprint density at radius 2 is 1.32 bits per heavy atom. The Kier molecular flexibility index (Phi) is 5.44. The SMILES string of the molecule is N#Cc1cc(-c2ccc(-n3c4ccccc4c4ccccc43)cc2)cc(-n2c3c(c4c5oc6ccccc6c5ccc42)CCC=C3)c1. The van der Waals surface area contributed by atoms with Gasteiger partial charge in [-0.05, 0) is 96.3 Å². The first-order chi connectivity index (χ1) is 23.3. The van der Waals surface area contributed by atoms with E-state index in [4.69, 9.17) is 4.42 Å². The molecular weight excluding hydrogens is 574 g/mol. The van der Waals surface area contributed by atoms with E-state index in [-0.39, 0.29) is 0 Å². The molecule has 1 aliphatic rings. The Morgan fingerprint density at radius 3 is 2.09 bits per heavy atom. The van der Waals surface area contributed by atoms with Crippen LogP contribution in [0, 0.1) is 11.3 Å². The molecule has 220 valence electrons. The van der Waals surface area contributed by atoms with E-state index >= 15 is 0 Å². The fraction of sp³-hybridized carbons (Fsp3) is 0.0465.